The van der Waals surface area contributed by atoms with Crippen molar-refractivity contribution < 1.29 is 9.59 Å². The molecule has 0 aliphatic rings. The van der Waals surface area contributed by atoms with Gasteiger partial charge in [-0.25, -0.2) is 4.98 Å². The number of rotatable bonds is 6. The third-order valence-electron chi connectivity index (χ3n) is 4.24. The summed E-state index contributed by atoms with van der Waals surface area (Å²) < 4.78 is 0. The van der Waals surface area contributed by atoms with Gasteiger partial charge in [0.1, 0.15) is 0 Å². The maximum atomic E-state index is 12.1. The van der Waals surface area contributed by atoms with E-state index in [-0.39, 0.29) is 24.5 Å². The molecule has 1 aromatic carbocycles. The Balaban J connectivity index is 1.62. The Kier molecular flexibility index (Phi) is 5.64. The molecule has 6 heteroatoms. The fraction of sp³-hybridized carbons (Fsp3) is 0.250. The molecular weight excluding hydrogens is 364 g/mol. The van der Waals surface area contributed by atoms with Gasteiger partial charge in [-0.05, 0) is 55.0 Å². The molecule has 3 rings (SSSR count). The summed E-state index contributed by atoms with van der Waals surface area (Å²) in [5.41, 5.74) is 5.58. The molecule has 0 atom stereocenters. The van der Waals surface area contributed by atoms with Crippen LogP contribution in [0.1, 0.15) is 39.2 Å². The highest BCUT2D eigenvalue weighted by molar-refractivity contribution is 7.14. The molecule has 0 unspecified atom stereocenters. The van der Waals surface area contributed by atoms with Crippen molar-refractivity contribution in [3.63, 3.8) is 0 Å². The predicted molar refractivity (Wildman–Crippen MR) is 108 cm³/mol. The smallest absolute Gasteiger partial charge is 0.226 e. The molecule has 2 heterocycles. The lowest BCUT2D eigenvalue weighted by atomic mass is 9.99. The average molecular weight is 385 g/mol. The van der Waals surface area contributed by atoms with Crippen LogP contribution in [0.15, 0.2) is 35.0 Å². The number of hydrogen-bond acceptors (Lipinski definition) is 5. The number of nitrogens with zero attached hydrogens (tertiary/aromatic N) is 1. The number of amides is 1. The maximum Gasteiger partial charge on any atom is 0.226 e. The van der Waals surface area contributed by atoms with Crippen LogP contribution in [-0.4, -0.2) is 16.7 Å². The number of aryl methyl sites for hydroxylation is 3. The van der Waals surface area contributed by atoms with Gasteiger partial charge in [-0.3, -0.25) is 9.59 Å². The van der Waals surface area contributed by atoms with Crippen molar-refractivity contribution >= 4 is 39.5 Å². The molecule has 0 aliphatic carbocycles. The highest BCUT2D eigenvalue weighted by Gasteiger charge is 2.13. The quantitative estimate of drug-likeness (QED) is 0.579. The Morgan fingerprint density at radius 2 is 1.81 bits per heavy atom. The molecule has 4 nitrogen and oxygen atoms in total. The Bertz CT molecular complexity index is 943. The first-order valence-corrected chi connectivity index (χ1v) is 10.1. The summed E-state index contributed by atoms with van der Waals surface area (Å²) in [5.74, 6) is -0.187. The predicted octanol–water partition coefficient (Wildman–Crippen LogP) is 5.40. The molecule has 0 aliphatic heterocycles. The van der Waals surface area contributed by atoms with Crippen molar-refractivity contribution in [3.05, 3.63) is 56.6 Å². The first-order valence-electron chi connectivity index (χ1n) is 8.34. The second kappa shape index (κ2) is 7.93. The van der Waals surface area contributed by atoms with Gasteiger partial charge in [-0.2, -0.15) is 0 Å². The zero-order valence-electron chi connectivity index (χ0n) is 15.0. The van der Waals surface area contributed by atoms with Gasteiger partial charge in [0.2, 0.25) is 5.91 Å². The summed E-state index contributed by atoms with van der Waals surface area (Å²) in [7, 11) is 0. The third-order valence-corrected chi connectivity index (χ3v) is 5.91. The normalized spacial score (nSPS) is 10.7. The lowest BCUT2D eigenvalue weighted by Crippen LogP contribution is -2.13. The summed E-state index contributed by atoms with van der Waals surface area (Å²) in [6, 6.07) is 7.90. The first kappa shape index (κ1) is 18.5. The Hall–Kier alpha value is -2.31. The zero-order chi connectivity index (χ0) is 18.7. The minimum absolute atomic E-state index is 0.000679. The summed E-state index contributed by atoms with van der Waals surface area (Å²) in [4.78, 5) is 29.3. The standard InChI is InChI=1S/C20H20N2O2S2/c1-12-9-14(3)15(10-13(12)2)16-11-26-20(21-16)22-19(24)7-6-17(23)18-5-4-8-25-18/h4-5,8-11H,6-7H2,1-3H3,(H,21,22,24). The summed E-state index contributed by atoms with van der Waals surface area (Å²) in [6.07, 6.45) is 0.370. The van der Waals surface area contributed by atoms with Gasteiger partial charge in [-0.15, -0.1) is 22.7 Å². The largest absolute Gasteiger partial charge is 0.302 e. The number of anilines is 1. The molecule has 134 valence electrons. The van der Waals surface area contributed by atoms with Gasteiger partial charge in [0, 0.05) is 23.8 Å². The van der Waals surface area contributed by atoms with Crippen LogP contribution in [0.4, 0.5) is 5.13 Å². The lowest BCUT2D eigenvalue weighted by Gasteiger charge is -2.07. The molecule has 2 aromatic heterocycles. The van der Waals surface area contributed by atoms with E-state index in [1.54, 1.807) is 6.07 Å². The van der Waals surface area contributed by atoms with Gasteiger partial charge in [0.05, 0.1) is 10.6 Å². The maximum absolute atomic E-state index is 12.1. The van der Waals surface area contributed by atoms with E-state index in [4.69, 9.17) is 0 Å². The van der Waals surface area contributed by atoms with Crippen molar-refractivity contribution in [2.45, 2.75) is 33.6 Å². The number of Topliss-reactive ketones (excluding diaryl/α,β-unsaturated/α-hetero) is 1. The Morgan fingerprint density at radius 1 is 1.04 bits per heavy atom. The molecule has 26 heavy (non-hydrogen) atoms. The van der Waals surface area contributed by atoms with Gasteiger partial charge in [-0.1, -0.05) is 12.1 Å². The molecule has 1 N–H and O–H groups in total. The van der Waals surface area contributed by atoms with Crippen LogP contribution in [0.25, 0.3) is 11.3 Å². The van der Waals surface area contributed by atoms with E-state index in [1.807, 2.05) is 16.8 Å². The molecule has 3 aromatic rings. The molecule has 0 saturated carbocycles. The zero-order valence-corrected chi connectivity index (χ0v) is 16.6. The highest BCUT2D eigenvalue weighted by atomic mass is 32.1. The van der Waals surface area contributed by atoms with E-state index < -0.39 is 0 Å². The molecule has 0 saturated heterocycles. The SMILES string of the molecule is Cc1cc(C)c(-c2csc(NC(=O)CCC(=O)c3cccs3)n2)cc1C. The van der Waals surface area contributed by atoms with Crippen molar-refractivity contribution in [1.29, 1.82) is 0 Å². The van der Waals surface area contributed by atoms with Crippen LogP contribution in [0.3, 0.4) is 0 Å². The number of thiophene rings is 1. The van der Waals surface area contributed by atoms with Crippen molar-refractivity contribution in [2.75, 3.05) is 5.32 Å². The first-order chi connectivity index (χ1) is 12.4. The molecule has 0 fully saturated rings. The topological polar surface area (TPSA) is 59.1 Å². The van der Waals surface area contributed by atoms with E-state index in [1.165, 1.54) is 33.8 Å². The highest BCUT2D eigenvalue weighted by Crippen LogP contribution is 2.29. The number of aromatic nitrogens is 1. The number of carbonyl (C=O) groups excluding carboxylic acids is 2. The van der Waals surface area contributed by atoms with E-state index in [0.29, 0.717) is 10.0 Å². The van der Waals surface area contributed by atoms with Gasteiger partial charge in [0.25, 0.3) is 0 Å². The third kappa shape index (κ3) is 4.26. The molecule has 0 radical (unpaired) electrons. The fourth-order valence-corrected chi connectivity index (χ4v) is 4.08. The van der Waals surface area contributed by atoms with E-state index in [0.717, 1.165) is 16.8 Å². The fourth-order valence-electron chi connectivity index (χ4n) is 2.66. The van der Waals surface area contributed by atoms with Crippen molar-refractivity contribution in [2.24, 2.45) is 0 Å². The number of benzene rings is 1. The van der Waals surface area contributed by atoms with Gasteiger partial charge < -0.3 is 5.32 Å². The minimum Gasteiger partial charge on any atom is -0.302 e. The number of thiazole rings is 1. The van der Waals surface area contributed by atoms with Crippen LogP contribution in [-0.2, 0) is 4.79 Å². The second-order valence-electron chi connectivity index (χ2n) is 6.24. The average Bonchev–Trinajstić information content (AvgIpc) is 3.28. The van der Waals surface area contributed by atoms with Crippen molar-refractivity contribution in [1.82, 2.24) is 4.98 Å². The Morgan fingerprint density at radius 3 is 2.54 bits per heavy atom. The minimum atomic E-state index is -0.187. The van der Waals surface area contributed by atoms with Gasteiger partial charge >= 0.3 is 0 Å². The summed E-state index contributed by atoms with van der Waals surface area (Å²) >= 11 is 2.80. The van der Waals surface area contributed by atoms with Crippen LogP contribution < -0.4 is 5.32 Å². The van der Waals surface area contributed by atoms with Crippen LogP contribution in [0.5, 0.6) is 0 Å². The number of carbonyl (C=O) groups is 2. The second-order valence-corrected chi connectivity index (χ2v) is 8.04. The monoisotopic (exact) mass is 384 g/mol. The molecule has 0 spiro atoms. The number of ketones is 1. The number of nitrogens with one attached hydrogen (secondary N) is 1. The number of hydrogen-bond donors (Lipinski definition) is 1. The van der Waals surface area contributed by atoms with E-state index >= 15 is 0 Å². The molecule has 0 bridgehead atoms. The van der Waals surface area contributed by atoms with E-state index in [2.05, 4.69) is 43.2 Å². The summed E-state index contributed by atoms with van der Waals surface area (Å²) in [6.45, 7) is 6.24. The van der Waals surface area contributed by atoms with Crippen LogP contribution in [0.2, 0.25) is 0 Å². The van der Waals surface area contributed by atoms with Gasteiger partial charge in [0.15, 0.2) is 10.9 Å². The lowest BCUT2D eigenvalue weighted by molar-refractivity contribution is -0.116. The summed E-state index contributed by atoms with van der Waals surface area (Å²) in [5, 5.41) is 7.17. The van der Waals surface area contributed by atoms with Crippen molar-refractivity contribution in [3.8, 4) is 11.3 Å². The molecule has 1 amide bonds. The van der Waals surface area contributed by atoms with E-state index in [9.17, 15) is 9.59 Å². The Labute approximate surface area is 160 Å². The van der Waals surface area contributed by atoms with Crippen LogP contribution in [0, 0.1) is 20.8 Å². The molecular formula is C20H20N2O2S2. The van der Waals surface area contributed by atoms with Crippen LogP contribution >= 0.6 is 22.7 Å².